The third kappa shape index (κ3) is 3.76. The minimum absolute atomic E-state index is 0.188. The van der Waals surface area contributed by atoms with Crippen molar-refractivity contribution in [2.45, 2.75) is 32.3 Å². The molecular weight excluding hydrogens is 257 g/mol. The number of nitrogens with zero attached hydrogens (tertiary/aromatic N) is 1. The van der Waals surface area contributed by atoms with Crippen molar-refractivity contribution >= 4 is 5.69 Å². The first-order valence-electron chi connectivity index (χ1n) is 6.21. The Bertz CT molecular complexity index is 419. The van der Waals surface area contributed by atoms with Gasteiger partial charge in [-0.05, 0) is 38.1 Å². The summed E-state index contributed by atoms with van der Waals surface area (Å²) in [7, 11) is 0. The highest BCUT2D eigenvalue weighted by Gasteiger charge is 2.31. The summed E-state index contributed by atoms with van der Waals surface area (Å²) in [5.74, 6) is -0.188. The predicted molar refractivity (Wildman–Crippen MR) is 67.4 cm³/mol. The third-order valence-electron chi connectivity index (χ3n) is 3.17. The second kappa shape index (κ2) is 5.28. The van der Waals surface area contributed by atoms with Crippen LogP contribution in [0.25, 0.3) is 0 Å². The number of piperazine rings is 1. The lowest BCUT2D eigenvalue weighted by Gasteiger charge is -2.39. The molecular formula is C13H17F3N2O. The summed E-state index contributed by atoms with van der Waals surface area (Å²) in [5, 5.41) is 3.36. The zero-order valence-corrected chi connectivity index (χ0v) is 10.9. The van der Waals surface area contributed by atoms with Crippen LogP contribution in [-0.2, 0) is 0 Å². The van der Waals surface area contributed by atoms with Crippen molar-refractivity contribution in [3.05, 3.63) is 24.3 Å². The molecule has 0 unspecified atom stereocenters. The van der Waals surface area contributed by atoms with Gasteiger partial charge in [0, 0.05) is 30.9 Å². The Morgan fingerprint density at radius 2 is 1.84 bits per heavy atom. The molecule has 19 heavy (non-hydrogen) atoms. The molecule has 3 nitrogen and oxygen atoms in total. The topological polar surface area (TPSA) is 24.5 Å². The quantitative estimate of drug-likeness (QED) is 0.897. The highest BCUT2D eigenvalue weighted by molar-refractivity contribution is 5.50. The number of halogens is 3. The number of anilines is 1. The Labute approximate surface area is 110 Å². The maximum absolute atomic E-state index is 12.1. The van der Waals surface area contributed by atoms with Gasteiger partial charge in [0.25, 0.3) is 0 Å². The van der Waals surface area contributed by atoms with Crippen molar-refractivity contribution in [1.82, 2.24) is 5.32 Å². The molecule has 1 aliphatic heterocycles. The fourth-order valence-electron chi connectivity index (χ4n) is 2.22. The van der Waals surface area contributed by atoms with Crippen LogP contribution in [0.3, 0.4) is 0 Å². The van der Waals surface area contributed by atoms with Crippen LogP contribution in [0.4, 0.5) is 18.9 Å². The Morgan fingerprint density at radius 1 is 1.21 bits per heavy atom. The fraction of sp³-hybridized carbons (Fsp3) is 0.538. The van der Waals surface area contributed by atoms with Crippen LogP contribution in [0.1, 0.15) is 13.8 Å². The van der Waals surface area contributed by atoms with Crippen LogP contribution >= 0.6 is 0 Å². The second-order valence-electron chi connectivity index (χ2n) is 4.85. The number of rotatable bonds is 2. The minimum Gasteiger partial charge on any atom is -0.406 e. The lowest BCUT2D eigenvalue weighted by atomic mass is 10.1. The van der Waals surface area contributed by atoms with Crippen molar-refractivity contribution < 1.29 is 17.9 Å². The van der Waals surface area contributed by atoms with Gasteiger partial charge in [-0.25, -0.2) is 0 Å². The van der Waals surface area contributed by atoms with Gasteiger partial charge < -0.3 is 15.0 Å². The van der Waals surface area contributed by atoms with Gasteiger partial charge in [0.15, 0.2) is 0 Å². The molecule has 1 aromatic carbocycles. The van der Waals surface area contributed by atoms with E-state index in [4.69, 9.17) is 0 Å². The molecule has 2 atom stereocenters. The largest absolute Gasteiger partial charge is 0.573 e. The SMILES string of the molecule is C[C@@H]1CN[C@@H](C)CN1c1ccc(OC(F)(F)F)cc1. The van der Waals surface area contributed by atoms with Gasteiger partial charge in [-0.3, -0.25) is 0 Å². The Balaban J connectivity index is 2.09. The lowest BCUT2D eigenvalue weighted by molar-refractivity contribution is -0.274. The van der Waals surface area contributed by atoms with Gasteiger partial charge in [0.2, 0.25) is 0 Å². The fourth-order valence-corrected chi connectivity index (χ4v) is 2.22. The molecule has 1 fully saturated rings. The van der Waals surface area contributed by atoms with E-state index < -0.39 is 6.36 Å². The number of nitrogens with one attached hydrogen (secondary N) is 1. The molecule has 0 aliphatic carbocycles. The van der Waals surface area contributed by atoms with E-state index in [1.54, 1.807) is 12.1 Å². The Hall–Kier alpha value is -1.43. The highest BCUT2D eigenvalue weighted by Crippen LogP contribution is 2.26. The normalized spacial score (nSPS) is 24.4. The average molecular weight is 274 g/mol. The van der Waals surface area contributed by atoms with Crippen LogP contribution < -0.4 is 15.0 Å². The van der Waals surface area contributed by atoms with Crippen molar-refractivity contribution in [1.29, 1.82) is 0 Å². The van der Waals surface area contributed by atoms with Gasteiger partial charge in [0.1, 0.15) is 5.75 Å². The maximum Gasteiger partial charge on any atom is 0.573 e. The first kappa shape index (κ1) is 14.0. The van der Waals surface area contributed by atoms with Crippen molar-refractivity contribution in [3.63, 3.8) is 0 Å². The van der Waals surface area contributed by atoms with Gasteiger partial charge in [-0.15, -0.1) is 13.2 Å². The standard InChI is InChI=1S/C13H17F3N2O/c1-9-8-18(10(2)7-17-9)11-3-5-12(6-4-11)19-13(14,15)16/h3-6,9-10,17H,7-8H2,1-2H3/t9-,10+/m0/s1. The first-order chi connectivity index (χ1) is 8.85. The Morgan fingerprint density at radius 3 is 2.42 bits per heavy atom. The first-order valence-corrected chi connectivity index (χ1v) is 6.21. The number of hydrogen-bond donors (Lipinski definition) is 1. The summed E-state index contributed by atoms with van der Waals surface area (Å²) in [4.78, 5) is 2.18. The van der Waals surface area contributed by atoms with E-state index in [0.717, 1.165) is 18.8 Å². The van der Waals surface area contributed by atoms with Crippen molar-refractivity contribution in [2.75, 3.05) is 18.0 Å². The second-order valence-corrected chi connectivity index (χ2v) is 4.85. The molecule has 1 aromatic rings. The van der Waals surface area contributed by atoms with E-state index in [1.165, 1.54) is 12.1 Å². The van der Waals surface area contributed by atoms with E-state index in [9.17, 15) is 13.2 Å². The van der Waals surface area contributed by atoms with Crippen molar-refractivity contribution in [3.8, 4) is 5.75 Å². The van der Waals surface area contributed by atoms with E-state index in [0.29, 0.717) is 12.1 Å². The van der Waals surface area contributed by atoms with E-state index in [-0.39, 0.29) is 5.75 Å². The van der Waals surface area contributed by atoms with Crippen molar-refractivity contribution in [2.24, 2.45) is 0 Å². The minimum atomic E-state index is -4.64. The molecule has 0 radical (unpaired) electrons. The van der Waals surface area contributed by atoms with E-state index in [2.05, 4.69) is 28.8 Å². The van der Waals surface area contributed by atoms with Crippen LogP contribution in [0.15, 0.2) is 24.3 Å². The summed E-state index contributed by atoms with van der Waals surface area (Å²) in [6.07, 6.45) is -4.64. The van der Waals surface area contributed by atoms with Gasteiger partial charge in [-0.1, -0.05) is 0 Å². The van der Waals surface area contributed by atoms with Crippen LogP contribution in [0, 0.1) is 0 Å². The average Bonchev–Trinajstić information content (AvgIpc) is 2.31. The lowest BCUT2D eigenvalue weighted by Crippen LogP contribution is -2.54. The molecule has 106 valence electrons. The molecule has 0 bridgehead atoms. The monoisotopic (exact) mass is 274 g/mol. The zero-order chi connectivity index (χ0) is 14.0. The molecule has 6 heteroatoms. The van der Waals surface area contributed by atoms with Crippen LogP contribution in [0.2, 0.25) is 0 Å². The molecule has 0 aromatic heterocycles. The highest BCUT2D eigenvalue weighted by atomic mass is 19.4. The predicted octanol–water partition coefficient (Wildman–Crippen LogP) is 2.77. The van der Waals surface area contributed by atoms with Gasteiger partial charge in [-0.2, -0.15) is 0 Å². The van der Waals surface area contributed by atoms with Gasteiger partial charge >= 0.3 is 6.36 Å². The summed E-state index contributed by atoms with van der Waals surface area (Å²) in [5.41, 5.74) is 0.912. The summed E-state index contributed by atoms with van der Waals surface area (Å²) in [6, 6.07) is 6.70. The molecule has 0 spiro atoms. The number of ether oxygens (including phenoxy) is 1. The summed E-state index contributed by atoms with van der Waals surface area (Å²) < 4.78 is 40.1. The van der Waals surface area contributed by atoms with Crippen LogP contribution in [-0.4, -0.2) is 31.5 Å². The molecule has 1 heterocycles. The smallest absolute Gasteiger partial charge is 0.406 e. The van der Waals surface area contributed by atoms with E-state index in [1.807, 2.05) is 0 Å². The molecule has 1 aliphatic rings. The molecule has 1 saturated heterocycles. The van der Waals surface area contributed by atoms with E-state index >= 15 is 0 Å². The Kier molecular flexibility index (Phi) is 3.89. The number of hydrogen-bond acceptors (Lipinski definition) is 3. The maximum atomic E-state index is 12.1. The van der Waals surface area contributed by atoms with Gasteiger partial charge in [0.05, 0.1) is 0 Å². The molecule has 0 amide bonds. The number of alkyl halides is 3. The zero-order valence-electron chi connectivity index (χ0n) is 10.9. The number of benzene rings is 1. The third-order valence-corrected chi connectivity index (χ3v) is 3.17. The summed E-state index contributed by atoms with van der Waals surface area (Å²) in [6.45, 7) is 5.86. The molecule has 1 N–H and O–H groups in total. The summed E-state index contributed by atoms with van der Waals surface area (Å²) >= 11 is 0. The molecule has 2 rings (SSSR count). The van der Waals surface area contributed by atoms with Crippen LogP contribution in [0.5, 0.6) is 5.75 Å². The molecule has 0 saturated carbocycles.